The zero-order valence-corrected chi connectivity index (χ0v) is 17.1. The van der Waals surface area contributed by atoms with Crippen LogP contribution in [0.1, 0.15) is 33.6 Å². The van der Waals surface area contributed by atoms with Gasteiger partial charge in [0.25, 0.3) is 0 Å². The summed E-state index contributed by atoms with van der Waals surface area (Å²) in [6.45, 7) is 7.07. The van der Waals surface area contributed by atoms with Crippen molar-refractivity contribution in [3.05, 3.63) is 60.7 Å². The van der Waals surface area contributed by atoms with Crippen LogP contribution in [0.3, 0.4) is 0 Å². The molecule has 3 saturated carbocycles. The minimum atomic E-state index is -0.847. The SMILES string of the molecule is CO[C@]1(C)[C@@H]2C[C@H](C[C@H]1OP(c1ccccc1)c1ccccc1)C2(C)C. The Kier molecular flexibility index (Phi) is 4.72. The Morgan fingerprint density at radius 3 is 1.85 bits per heavy atom. The zero-order valence-electron chi connectivity index (χ0n) is 16.2. The first-order valence-corrected chi connectivity index (χ1v) is 10.8. The highest BCUT2D eigenvalue weighted by Gasteiger charge is 2.64. The molecule has 3 aliphatic carbocycles. The maximum atomic E-state index is 6.90. The molecule has 0 saturated heterocycles. The fourth-order valence-corrected chi connectivity index (χ4v) is 7.03. The fourth-order valence-electron chi connectivity index (χ4n) is 5.05. The third-order valence-corrected chi connectivity index (χ3v) is 8.95. The molecule has 5 rings (SSSR count). The summed E-state index contributed by atoms with van der Waals surface area (Å²) in [5, 5.41) is 2.54. The van der Waals surface area contributed by atoms with Gasteiger partial charge in [0.05, 0.1) is 19.9 Å². The molecule has 0 heterocycles. The minimum absolute atomic E-state index is 0.135. The summed E-state index contributed by atoms with van der Waals surface area (Å²) in [5.41, 5.74) is 0.134. The van der Waals surface area contributed by atoms with Gasteiger partial charge in [-0.05, 0) is 37.0 Å². The summed E-state index contributed by atoms with van der Waals surface area (Å²) in [7, 11) is 1.01. The van der Waals surface area contributed by atoms with Crippen LogP contribution < -0.4 is 10.6 Å². The maximum absolute atomic E-state index is 6.90. The second-order valence-corrected chi connectivity index (χ2v) is 10.3. The van der Waals surface area contributed by atoms with Crippen LogP contribution >= 0.6 is 8.15 Å². The number of rotatable bonds is 5. The van der Waals surface area contributed by atoms with E-state index in [4.69, 9.17) is 9.26 Å². The highest BCUT2D eigenvalue weighted by molar-refractivity contribution is 7.68. The third kappa shape index (κ3) is 2.83. The molecule has 0 spiro atoms. The van der Waals surface area contributed by atoms with Crippen molar-refractivity contribution in [2.45, 2.75) is 45.3 Å². The van der Waals surface area contributed by atoms with Crippen LogP contribution in [-0.2, 0) is 9.26 Å². The van der Waals surface area contributed by atoms with E-state index in [0.717, 1.165) is 12.3 Å². The molecule has 26 heavy (non-hydrogen) atoms. The summed E-state index contributed by atoms with van der Waals surface area (Å²) in [5.74, 6) is 1.30. The highest BCUT2D eigenvalue weighted by atomic mass is 31.1. The van der Waals surface area contributed by atoms with Crippen LogP contribution in [0.5, 0.6) is 0 Å². The summed E-state index contributed by atoms with van der Waals surface area (Å²) in [4.78, 5) is 0. The third-order valence-electron chi connectivity index (χ3n) is 6.95. The Morgan fingerprint density at radius 2 is 1.38 bits per heavy atom. The molecule has 2 aromatic rings. The zero-order chi connectivity index (χ0) is 18.4. The standard InChI is InChI=1S/C23H29O2P/c1-22(2)17-15-20(22)23(3,24-4)21(16-17)25-26(18-11-7-5-8-12-18)19-13-9-6-10-14-19/h5-14,17,20-21H,15-16H2,1-4H3/t17-,20-,21-,23-/m1/s1. The molecule has 0 amide bonds. The molecule has 2 bridgehead atoms. The van der Waals surface area contributed by atoms with E-state index in [-0.39, 0.29) is 11.7 Å². The second kappa shape index (κ2) is 6.75. The van der Waals surface area contributed by atoms with Gasteiger partial charge in [0.1, 0.15) is 0 Å². The number of methoxy groups -OCH3 is 1. The van der Waals surface area contributed by atoms with E-state index in [2.05, 4.69) is 81.4 Å². The van der Waals surface area contributed by atoms with Crippen LogP contribution in [0.25, 0.3) is 0 Å². The molecule has 3 fully saturated rings. The van der Waals surface area contributed by atoms with Gasteiger partial charge in [-0.1, -0.05) is 74.5 Å². The van der Waals surface area contributed by atoms with Crippen LogP contribution in [0.4, 0.5) is 0 Å². The molecule has 0 radical (unpaired) electrons. The smallest absolute Gasteiger partial charge is 0.0948 e. The van der Waals surface area contributed by atoms with E-state index >= 15 is 0 Å². The fraction of sp³-hybridized carbons (Fsp3) is 0.478. The van der Waals surface area contributed by atoms with E-state index in [0.29, 0.717) is 11.3 Å². The molecule has 0 aliphatic heterocycles. The van der Waals surface area contributed by atoms with Crippen LogP contribution in [-0.4, -0.2) is 18.8 Å². The average molecular weight is 368 g/mol. The first kappa shape index (κ1) is 18.2. The number of hydrogen-bond donors (Lipinski definition) is 0. The van der Waals surface area contributed by atoms with Crippen molar-refractivity contribution in [1.29, 1.82) is 0 Å². The van der Waals surface area contributed by atoms with Gasteiger partial charge in [0.2, 0.25) is 0 Å². The Balaban J connectivity index is 1.66. The van der Waals surface area contributed by atoms with Crippen molar-refractivity contribution in [2.75, 3.05) is 7.11 Å². The second-order valence-electron chi connectivity index (χ2n) is 8.49. The van der Waals surface area contributed by atoms with Gasteiger partial charge >= 0.3 is 0 Å². The largest absolute Gasteiger partial charge is 0.375 e. The lowest BCUT2D eigenvalue weighted by molar-refractivity contribution is -0.248. The van der Waals surface area contributed by atoms with Crippen molar-refractivity contribution in [3.63, 3.8) is 0 Å². The number of benzene rings is 2. The van der Waals surface area contributed by atoms with Crippen LogP contribution in [0.15, 0.2) is 60.7 Å². The molecule has 4 atom stereocenters. The van der Waals surface area contributed by atoms with E-state index in [1.54, 1.807) is 0 Å². The molecular weight excluding hydrogens is 339 g/mol. The molecule has 3 aliphatic rings. The minimum Gasteiger partial charge on any atom is -0.375 e. The first-order valence-electron chi connectivity index (χ1n) is 9.59. The van der Waals surface area contributed by atoms with Gasteiger partial charge in [-0.2, -0.15) is 0 Å². The highest BCUT2D eigenvalue weighted by Crippen LogP contribution is 2.65. The maximum Gasteiger partial charge on any atom is 0.0948 e. The van der Waals surface area contributed by atoms with Gasteiger partial charge in [0.15, 0.2) is 0 Å². The van der Waals surface area contributed by atoms with E-state index in [9.17, 15) is 0 Å². The van der Waals surface area contributed by atoms with Gasteiger partial charge in [-0.3, -0.25) is 0 Å². The van der Waals surface area contributed by atoms with E-state index < -0.39 is 8.15 Å². The van der Waals surface area contributed by atoms with Crippen molar-refractivity contribution in [1.82, 2.24) is 0 Å². The van der Waals surface area contributed by atoms with Gasteiger partial charge in [0, 0.05) is 17.7 Å². The van der Waals surface area contributed by atoms with Gasteiger partial charge in [-0.15, -0.1) is 0 Å². The molecule has 138 valence electrons. The topological polar surface area (TPSA) is 18.5 Å². The van der Waals surface area contributed by atoms with Crippen molar-refractivity contribution in [2.24, 2.45) is 17.3 Å². The van der Waals surface area contributed by atoms with Gasteiger partial charge in [-0.25, -0.2) is 0 Å². The van der Waals surface area contributed by atoms with E-state index in [1.807, 2.05) is 7.11 Å². The summed E-state index contributed by atoms with van der Waals surface area (Å²) < 4.78 is 13.0. The molecule has 0 N–H and O–H groups in total. The molecule has 2 aromatic carbocycles. The van der Waals surface area contributed by atoms with Crippen molar-refractivity contribution in [3.8, 4) is 0 Å². The Hall–Kier alpha value is -1.21. The van der Waals surface area contributed by atoms with Crippen molar-refractivity contribution >= 4 is 18.8 Å². The molecular formula is C23H29O2P. The molecule has 0 aromatic heterocycles. The average Bonchev–Trinajstić information content (AvgIpc) is 2.68. The number of fused-ring (bicyclic) bond motifs is 2. The lowest BCUT2D eigenvalue weighted by Crippen LogP contribution is -2.67. The number of hydrogen-bond acceptors (Lipinski definition) is 2. The lowest BCUT2D eigenvalue weighted by Gasteiger charge is -2.66. The summed E-state index contributed by atoms with van der Waals surface area (Å²) >= 11 is 0. The Labute approximate surface area is 158 Å². The van der Waals surface area contributed by atoms with Gasteiger partial charge < -0.3 is 9.26 Å². The molecule has 0 unspecified atom stereocenters. The van der Waals surface area contributed by atoms with Crippen molar-refractivity contribution < 1.29 is 9.26 Å². The summed E-state index contributed by atoms with van der Waals surface area (Å²) in [6.07, 6.45) is 2.49. The quantitative estimate of drug-likeness (QED) is 0.700. The summed E-state index contributed by atoms with van der Waals surface area (Å²) in [6, 6.07) is 21.3. The Bertz CT molecular complexity index is 706. The normalized spacial score (nSPS) is 32.3. The predicted octanol–water partition coefficient (Wildman–Crippen LogP) is 4.89. The Morgan fingerprint density at radius 1 is 0.846 bits per heavy atom. The predicted molar refractivity (Wildman–Crippen MR) is 109 cm³/mol. The van der Waals surface area contributed by atoms with Crippen LogP contribution in [0, 0.1) is 17.3 Å². The molecule has 2 nitrogen and oxygen atoms in total. The number of ether oxygens (including phenoxy) is 1. The lowest BCUT2D eigenvalue weighted by atomic mass is 9.43. The van der Waals surface area contributed by atoms with Crippen LogP contribution in [0.2, 0.25) is 0 Å². The molecule has 3 heteroatoms. The monoisotopic (exact) mass is 368 g/mol. The van der Waals surface area contributed by atoms with E-state index in [1.165, 1.54) is 17.0 Å². The first-order chi connectivity index (χ1) is 12.5.